The summed E-state index contributed by atoms with van der Waals surface area (Å²) in [5, 5.41) is 0. The molecule has 1 aromatic rings. The van der Waals surface area contributed by atoms with Gasteiger partial charge in [-0.2, -0.15) is 0 Å². The van der Waals surface area contributed by atoms with Crippen molar-refractivity contribution >= 4 is 0 Å². The molecule has 3 rings (SSSR count). The minimum Gasteiger partial charge on any atom is -0.380 e. The van der Waals surface area contributed by atoms with Gasteiger partial charge in [0.25, 0.3) is 0 Å². The molecule has 1 unspecified atom stereocenters. The fourth-order valence-electron chi connectivity index (χ4n) is 2.92. The first kappa shape index (κ1) is 11.2. The standard InChI is InChI=1S/C14H20N2O/c15-13-6-7-16(9-14(13)10-17-11-14)8-12-4-2-1-3-5-12/h1-5,13H,6-11,15H2. The van der Waals surface area contributed by atoms with E-state index in [0.29, 0.717) is 6.04 Å². The number of benzene rings is 1. The van der Waals surface area contributed by atoms with E-state index >= 15 is 0 Å². The van der Waals surface area contributed by atoms with Crippen LogP contribution in [0.15, 0.2) is 30.3 Å². The van der Waals surface area contributed by atoms with Crippen molar-refractivity contribution in [2.24, 2.45) is 11.1 Å². The zero-order valence-electron chi connectivity index (χ0n) is 10.1. The van der Waals surface area contributed by atoms with Crippen LogP contribution in [0.25, 0.3) is 0 Å². The Morgan fingerprint density at radius 2 is 2.06 bits per heavy atom. The molecule has 0 aliphatic carbocycles. The minimum atomic E-state index is 0.243. The van der Waals surface area contributed by atoms with Gasteiger partial charge >= 0.3 is 0 Å². The number of hydrogen-bond acceptors (Lipinski definition) is 3. The average Bonchev–Trinajstić information content (AvgIpc) is 2.31. The second-order valence-electron chi connectivity index (χ2n) is 5.45. The molecule has 2 N–H and O–H groups in total. The number of nitrogens with two attached hydrogens (primary N) is 1. The summed E-state index contributed by atoms with van der Waals surface area (Å²) in [4.78, 5) is 2.52. The van der Waals surface area contributed by atoms with Crippen molar-refractivity contribution in [3.05, 3.63) is 35.9 Å². The fourth-order valence-corrected chi connectivity index (χ4v) is 2.92. The average molecular weight is 232 g/mol. The molecule has 3 nitrogen and oxygen atoms in total. The van der Waals surface area contributed by atoms with Crippen LogP contribution in [-0.4, -0.2) is 37.2 Å². The Kier molecular flexibility index (Phi) is 2.90. The second kappa shape index (κ2) is 4.41. The van der Waals surface area contributed by atoms with Gasteiger partial charge in [0, 0.05) is 31.1 Å². The van der Waals surface area contributed by atoms with E-state index in [1.165, 1.54) is 5.56 Å². The van der Waals surface area contributed by atoms with Gasteiger partial charge < -0.3 is 10.5 Å². The van der Waals surface area contributed by atoms with Crippen LogP contribution in [0.3, 0.4) is 0 Å². The largest absolute Gasteiger partial charge is 0.380 e. The van der Waals surface area contributed by atoms with E-state index in [9.17, 15) is 0 Å². The quantitative estimate of drug-likeness (QED) is 0.833. The third-order valence-electron chi connectivity index (χ3n) is 4.11. The van der Waals surface area contributed by atoms with E-state index in [1.807, 2.05) is 0 Å². The smallest absolute Gasteiger partial charge is 0.0572 e. The Morgan fingerprint density at radius 3 is 2.71 bits per heavy atom. The van der Waals surface area contributed by atoms with Crippen molar-refractivity contribution in [2.75, 3.05) is 26.3 Å². The summed E-state index contributed by atoms with van der Waals surface area (Å²) in [6.45, 7) is 4.93. The maximum Gasteiger partial charge on any atom is 0.0572 e. The molecule has 1 aromatic carbocycles. The van der Waals surface area contributed by atoms with Crippen LogP contribution in [0.2, 0.25) is 0 Å². The maximum atomic E-state index is 6.22. The molecule has 2 aliphatic rings. The van der Waals surface area contributed by atoms with Crippen molar-refractivity contribution in [1.82, 2.24) is 4.90 Å². The topological polar surface area (TPSA) is 38.5 Å². The summed E-state index contributed by atoms with van der Waals surface area (Å²) in [5.41, 5.74) is 7.85. The SMILES string of the molecule is NC1CCN(Cc2ccccc2)CC12COC2. The van der Waals surface area contributed by atoms with Crippen LogP contribution in [-0.2, 0) is 11.3 Å². The van der Waals surface area contributed by atoms with Gasteiger partial charge in [0.15, 0.2) is 0 Å². The van der Waals surface area contributed by atoms with Gasteiger partial charge in [-0.25, -0.2) is 0 Å². The van der Waals surface area contributed by atoms with Crippen molar-refractivity contribution in [3.63, 3.8) is 0 Å². The highest BCUT2D eigenvalue weighted by atomic mass is 16.5. The Labute approximate surface area is 103 Å². The summed E-state index contributed by atoms with van der Waals surface area (Å²) in [7, 11) is 0. The first-order valence-electron chi connectivity index (χ1n) is 6.38. The van der Waals surface area contributed by atoms with Gasteiger partial charge in [-0.1, -0.05) is 30.3 Å². The predicted octanol–water partition coefficient (Wildman–Crippen LogP) is 1.24. The Bertz CT molecular complexity index is 375. The number of ether oxygens (including phenoxy) is 1. The van der Waals surface area contributed by atoms with E-state index in [0.717, 1.165) is 39.3 Å². The Balaban J connectivity index is 1.65. The van der Waals surface area contributed by atoms with Crippen LogP contribution in [0.1, 0.15) is 12.0 Å². The van der Waals surface area contributed by atoms with Crippen LogP contribution in [0.4, 0.5) is 0 Å². The Morgan fingerprint density at radius 1 is 1.29 bits per heavy atom. The molecular weight excluding hydrogens is 212 g/mol. The molecule has 17 heavy (non-hydrogen) atoms. The van der Waals surface area contributed by atoms with E-state index in [-0.39, 0.29) is 5.41 Å². The molecule has 0 bridgehead atoms. The van der Waals surface area contributed by atoms with E-state index in [1.54, 1.807) is 0 Å². The van der Waals surface area contributed by atoms with Crippen molar-refractivity contribution in [1.29, 1.82) is 0 Å². The van der Waals surface area contributed by atoms with Crippen molar-refractivity contribution in [2.45, 2.75) is 19.0 Å². The number of likely N-dealkylation sites (tertiary alicyclic amines) is 1. The lowest BCUT2D eigenvalue weighted by Gasteiger charge is -2.52. The monoisotopic (exact) mass is 232 g/mol. The molecule has 3 heteroatoms. The van der Waals surface area contributed by atoms with Gasteiger partial charge in [-0.05, 0) is 12.0 Å². The molecule has 2 heterocycles. The fraction of sp³-hybridized carbons (Fsp3) is 0.571. The molecule has 0 radical (unpaired) electrons. The van der Waals surface area contributed by atoms with E-state index < -0.39 is 0 Å². The lowest BCUT2D eigenvalue weighted by atomic mass is 9.74. The summed E-state index contributed by atoms with van der Waals surface area (Å²) >= 11 is 0. The number of hydrogen-bond donors (Lipinski definition) is 1. The first-order chi connectivity index (χ1) is 8.28. The summed E-state index contributed by atoms with van der Waals surface area (Å²) in [5.74, 6) is 0. The molecule has 1 spiro atoms. The molecule has 2 aliphatic heterocycles. The van der Waals surface area contributed by atoms with Crippen LogP contribution in [0, 0.1) is 5.41 Å². The van der Waals surface area contributed by atoms with Gasteiger partial charge in [0.2, 0.25) is 0 Å². The number of nitrogens with zero attached hydrogens (tertiary/aromatic N) is 1. The first-order valence-corrected chi connectivity index (χ1v) is 6.38. The van der Waals surface area contributed by atoms with Gasteiger partial charge in [0.05, 0.1) is 13.2 Å². The van der Waals surface area contributed by atoms with Crippen molar-refractivity contribution < 1.29 is 4.74 Å². The third kappa shape index (κ3) is 2.10. The highest BCUT2D eigenvalue weighted by Gasteiger charge is 2.47. The van der Waals surface area contributed by atoms with Crippen LogP contribution in [0.5, 0.6) is 0 Å². The lowest BCUT2D eigenvalue weighted by Crippen LogP contribution is -2.64. The van der Waals surface area contributed by atoms with Gasteiger partial charge in [-0.3, -0.25) is 4.90 Å². The Hall–Kier alpha value is -0.900. The predicted molar refractivity (Wildman–Crippen MR) is 67.6 cm³/mol. The lowest BCUT2D eigenvalue weighted by molar-refractivity contribution is -0.154. The maximum absolute atomic E-state index is 6.22. The molecule has 0 saturated carbocycles. The highest BCUT2D eigenvalue weighted by Crippen LogP contribution is 2.36. The van der Waals surface area contributed by atoms with E-state index in [2.05, 4.69) is 35.2 Å². The molecule has 2 saturated heterocycles. The van der Waals surface area contributed by atoms with Crippen LogP contribution >= 0.6 is 0 Å². The van der Waals surface area contributed by atoms with Gasteiger partial charge in [-0.15, -0.1) is 0 Å². The molecule has 1 atom stereocenters. The highest BCUT2D eigenvalue weighted by molar-refractivity contribution is 5.15. The molecule has 92 valence electrons. The summed E-state index contributed by atoms with van der Waals surface area (Å²) in [6.07, 6.45) is 1.09. The van der Waals surface area contributed by atoms with Gasteiger partial charge in [0.1, 0.15) is 0 Å². The molecule has 0 aromatic heterocycles. The zero-order valence-corrected chi connectivity index (χ0v) is 10.1. The van der Waals surface area contributed by atoms with Crippen molar-refractivity contribution in [3.8, 4) is 0 Å². The normalized spacial score (nSPS) is 27.9. The minimum absolute atomic E-state index is 0.243. The summed E-state index contributed by atoms with van der Waals surface area (Å²) < 4.78 is 5.38. The number of rotatable bonds is 2. The molecule has 2 fully saturated rings. The molecular formula is C14H20N2O. The van der Waals surface area contributed by atoms with E-state index in [4.69, 9.17) is 10.5 Å². The van der Waals surface area contributed by atoms with Crippen LogP contribution < -0.4 is 5.73 Å². The zero-order chi connectivity index (χ0) is 11.7. The second-order valence-corrected chi connectivity index (χ2v) is 5.45. The third-order valence-corrected chi connectivity index (χ3v) is 4.11. The number of piperidine rings is 1. The molecule has 0 amide bonds. The summed E-state index contributed by atoms with van der Waals surface area (Å²) in [6, 6.07) is 11.0.